The summed E-state index contributed by atoms with van der Waals surface area (Å²) in [6, 6.07) is 10.1. The summed E-state index contributed by atoms with van der Waals surface area (Å²) in [5.41, 5.74) is 0.953. The highest BCUT2D eigenvalue weighted by Crippen LogP contribution is 2.24. The second-order valence-corrected chi connectivity index (χ2v) is 9.55. The number of nitrogens with zero attached hydrogens (tertiary/aromatic N) is 1. The van der Waals surface area contributed by atoms with Crippen LogP contribution >= 0.6 is 11.6 Å². The van der Waals surface area contributed by atoms with Crippen LogP contribution in [0.1, 0.15) is 18.4 Å². The smallest absolute Gasteiger partial charge is 0.243 e. The van der Waals surface area contributed by atoms with E-state index < -0.39 is 21.8 Å². The molecule has 30 heavy (non-hydrogen) atoms. The van der Waals surface area contributed by atoms with Gasteiger partial charge in [0.1, 0.15) is 18.2 Å². The highest BCUT2D eigenvalue weighted by molar-refractivity contribution is 7.89. The van der Waals surface area contributed by atoms with Gasteiger partial charge in [-0.25, -0.2) is 12.8 Å². The van der Waals surface area contributed by atoms with Crippen LogP contribution in [0.4, 0.5) is 4.39 Å². The molecule has 162 valence electrons. The van der Waals surface area contributed by atoms with E-state index in [2.05, 4.69) is 5.32 Å². The minimum absolute atomic E-state index is 0.0233. The van der Waals surface area contributed by atoms with Crippen LogP contribution in [0.3, 0.4) is 0 Å². The highest BCUT2D eigenvalue weighted by Gasteiger charge is 2.33. The molecule has 2 aromatic rings. The van der Waals surface area contributed by atoms with Gasteiger partial charge in [-0.1, -0.05) is 17.7 Å². The molecule has 0 aromatic heterocycles. The molecular formula is C21H24ClFN2O4S. The molecular weight excluding hydrogens is 431 g/mol. The van der Waals surface area contributed by atoms with Crippen molar-refractivity contribution in [3.8, 4) is 5.75 Å². The number of aryl methyl sites for hydroxylation is 1. The Kier molecular flexibility index (Phi) is 7.33. The van der Waals surface area contributed by atoms with E-state index in [1.165, 1.54) is 16.4 Å². The van der Waals surface area contributed by atoms with Gasteiger partial charge in [-0.05, 0) is 61.7 Å². The summed E-state index contributed by atoms with van der Waals surface area (Å²) in [7, 11) is -3.76. The van der Waals surface area contributed by atoms with Gasteiger partial charge in [-0.3, -0.25) is 4.79 Å². The van der Waals surface area contributed by atoms with E-state index in [1.807, 2.05) is 19.1 Å². The molecule has 1 atom stereocenters. The fourth-order valence-electron chi connectivity index (χ4n) is 3.28. The van der Waals surface area contributed by atoms with Crippen molar-refractivity contribution >= 4 is 27.5 Å². The minimum atomic E-state index is -3.76. The van der Waals surface area contributed by atoms with E-state index in [-0.39, 0.29) is 24.0 Å². The molecule has 1 heterocycles. The quantitative estimate of drug-likeness (QED) is 0.651. The minimum Gasteiger partial charge on any atom is -0.492 e. The lowest BCUT2D eigenvalue weighted by molar-refractivity contribution is -0.126. The Morgan fingerprint density at radius 1 is 1.27 bits per heavy atom. The zero-order chi connectivity index (χ0) is 21.7. The number of rotatable bonds is 7. The Balaban J connectivity index is 1.51. The van der Waals surface area contributed by atoms with E-state index in [9.17, 15) is 17.6 Å². The normalized spacial score (nSPS) is 17.5. The van der Waals surface area contributed by atoms with Crippen molar-refractivity contribution < 1.29 is 22.3 Å². The summed E-state index contributed by atoms with van der Waals surface area (Å²) in [6.07, 6.45) is 1.19. The highest BCUT2D eigenvalue weighted by atomic mass is 35.5. The number of carbonyl (C=O) groups is 1. The third-order valence-electron chi connectivity index (χ3n) is 5.02. The standard InChI is InChI=1S/C21H24ClFN2O4S/c1-15-4-7-18(13-20(15)22)29-12-10-24-21(26)16-3-2-11-25(14-16)30(27,28)19-8-5-17(23)6-9-19/h4-9,13,16H,2-3,10-12,14H2,1H3,(H,24,26). The van der Waals surface area contributed by atoms with Crippen molar-refractivity contribution in [3.63, 3.8) is 0 Å². The molecule has 1 saturated heterocycles. The summed E-state index contributed by atoms with van der Waals surface area (Å²) in [6.45, 7) is 2.90. The largest absolute Gasteiger partial charge is 0.492 e. The van der Waals surface area contributed by atoms with Crippen LogP contribution < -0.4 is 10.1 Å². The van der Waals surface area contributed by atoms with Crippen molar-refractivity contribution in [1.29, 1.82) is 0 Å². The van der Waals surface area contributed by atoms with Crippen LogP contribution in [0.25, 0.3) is 0 Å². The van der Waals surface area contributed by atoms with Crippen LogP contribution in [-0.2, 0) is 14.8 Å². The molecule has 1 unspecified atom stereocenters. The first kappa shape index (κ1) is 22.5. The van der Waals surface area contributed by atoms with Crippen molar-refractivity contribution in [3.05, 3.63) is 58.9 Å². The SMILES string of the molecule is Cc1ccc(OCCNC(=O)C2CCCN(S(=O)(=O)c3ccc(F)cc3)C2)cc1Cl. The molecule has 1 N–H and O–H groups in total. The third kappa shape index (κ3) is 5.50. The second-order valence-electron chi connectivity index (χ2n) is 7.21. The number of hydrogen-bond acceptors (Lipinski definition) is 4. The average Bonchev–Trinajstić information content (AvgIpc) is 2.74. The molecule has 0 aliphatic carbocycles. The fraction of sp³-hybridized carbons (Fsp3) is 0.381. The number of piperidine rings is 1. The van der Waals surface area contributed by atoms with Gasteiger partial charge in [-0.2, -0.15) is 4.31 Å². The van der Waals surface area contributed by atoms with Crippen molar-refractivity contribution in [2.45, 2.75) is 24.7 Å². The van der Waals surface area contributed by atoms with Gasteiger partial charge in [-0.15, -0.1) is 0 Å². The number of benzene rings is 2. The van der Waals surface area contributed by atoms with Gasteiger partial charge in [0.15, 0.2) is 0 Å². The topological polar surface area (TPSA) is 75.7 Å². The first-order chi connectivity index (χ1) is 14.3. The number of hydrogen-bond donors (Lipinski definition) is 1. The molecule has 0 spiro atoms. The van der Waals surface area contributed by atoms with Gasteiger partial charge < -0.3 is 10.1 Å². The van der Waals surface area contributed by atoms with E-state index in [4.69, 9.17) is 16.3 Å². The van der Waals surface area contributed by atoms with Crippen molar-refractivity contribution in [1.82, 2.24) is 9.62 Å². The lowest BCUT2D eigenvalue weighted by Gasteiger charge is -2.31. The Labute approximate surface area is 181 Å². The van der Waals surface area contributed by atoms with Crippen LogP contribution in [0.15, 0.2) is 47.4 Å². The maximum Gasteiger partial charge on any atom is 0.243 e. The Bertz CT molecular complexity index is 999. The molecule has 1 aliphatic rings. The van der Waals surface area contributed by atoms with E-state index in [0.29, 0.717) is 36.7 Å². The molecule has 1 fully saturated rings. The summed E-state index contributed by atoms with van der Waals surface area (Å²) >= 11 is 6.06. The Morgan fingerprint density at radius 2 is 2.00 bits per heavy atom. The van der Waals surface area contributed by atoms with Gasteiger partial charge in [0, 0.05) is 18.1 Å². The third-order valence-corrected chi connectivity index (χ3v) is 7.31. The monoisotopic (exact) mass is 454 g/mol. The lowest BCUT2D eigenvalue weighted by Crippen LogP contribution is -2.45. The maximum atomic E-state index is 13.1. The molecule has 3 rings (SSSR count). The summed E-state index contributed by atoms with van der Waals surface area (Å²) < 4.78 is 45.5. The second kappa shape index (κ2) is 9.76. The van der Waals surface area contributed by atoms with Gasteiger partial charge in [0.25, 0.3) is 0 Å². The van der Waals surface area contributed by atoms with Crippen LogP contribution in [0, 0.1) is 18.7 Å². The Morgan fingerprint density at radius 3 is 2.70 bits per heavy atom. The lowest BCUT2D eigenvalue weighted by atomic mass is 9.99. The summed E-state index contributed by atoms with van der Waals surface area (Å²) in [5, 5.41) is 3.41. The first-order valence-corrected chi connectivity index (χ1v) is 11.5. The van der Waals surface area contributed by atoms with E-state index >= 15 is 0 Å². The number of nitrogens with one attached hydrogen (secondary N) is 1. The summed E-state index contributed by atoms with van der Waals surface area (Å²) in [5.74, 6) is -0.531. The number of halogens is 2. The molecule has 0 bridgehead atoms. The average molecular weight is 455 g/mol. The molecule has 2 aromatic carbocycles. The van der Waals surface area contributed by atoms with Gasteiger partial charge >= 0.3 is 0 Å². The zero-order valence-electron chi connectivity index (χ0n) is 16.6. The van der Waals surface area contributed by atoms with E-state index in [0.717, 1.165) is 17.7 Å². The molecule has 6 nitrogen and oxygen atoms in total. The van der Waals surface area contributed by atoms with E-state index in [1.54, 1.807) is 6.07 Å². The van der Waals surface area contributed by atoms with Crippen LogP contribution in [0.2, 0.25) is 5.02 Å². The molecule has 1 amide bonds. The first-order valence-electron chi connectivity index (χ1n) is 9.70. The van der Waals surface area contributed by atoms with Crippen molar-refractivity contribution in [2.24, 2.45) is 5.92 Å². The Hall–Kier alpha value is -2.16. The van der Waals surface area contributed by atoms with Crippen molar-refractivity contribution in [2.75, 3.05) is 26.2 Å². The zero-order valence-corrected chi connectivity index (χ0v) is 18.2. The fourth-order valence-corrected chi connectivity index (χ4v) is 4.98. The summed E-state index contributed by atoms with van der Waals surface area (Å²) in [4.78, 5) is 12.5. The molecule has 1 aliphatic heterocycles. The van der Waals surface area contributed by atoms with Crippen LogP contribution in [0.5, 0.6) is 5.75 Å². The van der Waals surface area contributed by atoms with Gasteiger partial charge in [0.2, 0.25) is 15.9 Å². The predicted octanol–water partition coefficient (Wildman–Crippen LogP) is 3.38. The maximum absolute atomic E-state index is 13.1. The number of ether oxygens (including phenoxy) is 1. The molecule has 0 saturated carbocycles. The molecule has 9 heteroatoms. The molecule has 0 radical (unpaired) electrons. The predicted molar refractivity (Wildman–Crippen MR) is 113 cm³/mol. The van der Waals surface area contributed by atoms with Gasteiger partial charge in [0.05, 0.1) is 17.4 Å². The number of amides is 1. The number of sulfonamides is 1. The van der Waals surface area contributed by atoms with Crippen LogP contribution in [-0.4, -0.2) is 44.9 Å². The number of carbonyl (C=O) groups excluding carboxylic acids is 1.